The number of benzene rings is 1. The van der Waals surface area contributed by atoms with Crippen molar-refractivity contribution in [2.24, 2.45) is 0 Å². The van der Waals surface area contributed by atoms with E-state index in [-0.39, 0.29) is 18.2 Å². The molecule has 1 N–H and O–H groups in total. The van der Waals surface area contributed by atoms with Crippen LogP contribution in [0, 0.1) is 0 Å². The Morgan fingerprint density at radius 1 is 1.53 bits per heavy atom. The molecule has 2 heterocycles. The molecular weight excluding hydrogens is 244 g/mol. The Kier molecular flexibility index (Phi) is 3.29. The molecule has 0 spiro atoms. The largest absolute Gasteiger partial charge is 0.497 e. The van der Waals surface area contributed by atoms with Crippen LogP contribution in [0.15, 0.2) is 24.3 Å². The van der Waals surface area contributed by atoms with Gasteiger partial charge in [-0.25, -0.2) is 4.79 Å². The van der Waals surface area contributed by atoms with Gasteiger partial charge in [0.1, 0.15) is 11.9 Å². The minimum Gasteiger partial charge on any atom is -0.497 e. The summed E-state index contributed by atoms with van der Waals surface area (Å²) in [6.45, 7) is 2.29. The lowest BCUT2D eigenvalue weighted by Gasteiger charge is -2.28. The second-order valence-electron chi connectivity index (χ2n) is 4.96. The SMILES string of the molecule is COc1cccc(CN2C(=O)OC3CCNCC32)c1. The Balaban J connectivity index is 1.76. The Labute approximate surface area is 112 Å². The van der Waals surface area contributed by atoms with Crippen LogP contribution in [0.4, 0.5) is 4.79 Å². The van der Waals surface area contributed by atoms with Crippen LogP contribution in [-0.4, -0.2) is 43.3 Å². The summed E-state index contributed by atoms with van der Waals surface area (Å²) in [5, 5.41) is 3.32. The summed E-state index contributed by atoms with van der Waals surface area (Å²) in [5.74, 6) is 0.809. The molecule has 1 aromatic carbocycles. The lowest BCUT2D eigenvalue weighted by atomic mass is 10.0. The number of carbonyl (C=O) groups is 1. The number of methoxy groups -OCH3 is 1. The van der Waals surface area contributed by atoms with Crippen LogP contribution in [0.1, 0.15) is 12.0 Å². The third kappa shape index (κ3) is 2.38. The van der Waals surface area contributed by atoms with Crippen molar-refractivity contribution in [3.05, 3.63) is 29.8 Å². The van der Waals surface area contributed by atoms with Crippen LogP contribution in [0.2, 0.25) is 0 Å². The van der Waals surface area contributed by atoms with Crippen molar-refractivity contribution in [1.82, 2.24) is 10.2 Å². The number of nitrogens with zero attached hydrogens (tertiary/aromatic N) is 1. The molecule has 2 saturated heterocycles. The molecule has 0 saturated carbocycles. The smallest absolute Gasteiger partial charge is 0.410 e. The van der Waals surface area contributed by atoms with E-state index in [0.717, 1.165) is 30.8 Å². The van der Waals surface area contributed by atoms with Crippen molar-refractivity contribution in [2.45, 2.75) is 25.1 Å². The first-order valence-corrected chi connectivity index (χ1v) is 6.59. The number of hydrogen-bond donors (Lipinski definition) is 1. The monoisotopic (exact) mass is 262 g/mol. The van der Waals surface area contributed by atoms with Gasteiger partial charge in [0.2, 0.25) is 0 Å². The molecular formula is C14H18N2O3. The highest BCUT2D eigenvalue weighted by molar-refractivity contribution is 5.71. The van der Waals surface area contributed by atoms with Crippen LogP contribution in [0.5, 0.6) is 5.75 Å². The maximum absolute atomic E-state index is 11.9. The maximum Gasteiger partial charge on any atom is 0.410 e. The summed E-state index contributed by atoms with van der Waals surface area (Å²) in [7, 11) is 1.64. The molecule has 2 aliphatic heterocycles. The predicted molar refractivity (Wildman–Crippen MR) is 70.1 cm³/mol. The Morgan fingerprint density at radius 3 is 3.26 bits per heavy atom. The second kappa shape index (κ2) is 5.09. The topological polar surface area (TPSA) is 50.8 Å². The van der Waals surface area contributed by atoms with Crippen molar-refractivity contribution < 1.29 is 14.3 Å². The number of amides is 1. The molecule has 3 rings (SSSR count). The van der Waals surface area contributed by atoms with E-state index in [9.17, 15) is 4.79 Å². The molecule has 0 aliphatic carbocycles. The first kappa shape index (κ1) is 12.3. The molecule has 1 aromatic rings. The Bertz CT molecular complexity index is 478. The molecule has 5 heteroatoms. The number of ether oxygens (including phenoxy) is 2. The van der Waals surface area contributed by atoms with Gasteiger partial charge in [0.25, 0.3) is 0 Å². The van der Waals surface area contributed by atoms with Gasteiger partial charge in [0.15, 0.2) is 0 Å². The van der Waals surface area contributed by atoms with E-state index in [1.165, 1.54) is 0 Å². The molecule has 0 aromatic heterocycles. The highest BCUT2D eigenvalue weighted by Crippen LogP contribution is 2.26. The number of rotatable bonds is 3. The van der Waals surface area contributed by atoms with Crippen LogP contribution < -0.4 is 10.1 Å². The summed E-state index contributed by atoms with van der Waals surface area (Å²) in [6.07, 6.45) is 0.728. The highest BCUT2D eigenvalue weighted by atomic mass is 16.6. The van der Waals surface area contributed by atoms with Gasteiger partial charge in [0.05, 0.1) is 13.2 Å². The molecule has 0 bridgehead atoms. The summed E-state index contributed by atoms with van der Waals surface area (Å²) < 4.78 is 10.6. The van der Waals surface area contributed by atoms with Gasteiger partial charge < -0.3 is 14.8 Å². The van der Waals surface area contributed by atoms with Crippen molar-refractivity contribution in [3.8, 4) is 5.75 Å². The maximum atomic E-state index is 11.9. The predicted octanol–water partition coefficient (Wildman–Crippen LogP) is 1.38. The van der Waals surface area contributed by atoms with Crippen LogP contribution in [-0.2, 0) is 11.3 Å². The molecule has 102 valence electrons. The fourth-order valence-electron chi connectivity index (χ4n) is 2.75. The van der Waals surface area contributed by atoms with Gasteiger partial charge in [-0.1, -0.05) is 12.1 Å². The van der Waals surface area contributed by atoms with Crippen molar-refractivity contribution in [1.29, 1.82) is 0 Å². The zero-order chi connectivity index (χ0) is 13.2. The van der Waals surface area contributed by atoms with Crippen molar-refractivity contribution in [3.63, 3.8) is 0 Å². The number of carbonyl (C=O) groups excluding carboxylic acids is 1. The zero-order valence-electron chi connectivity index (χ0n) is 11.0. The molecule has 19 heavy (non-hydrogen) atoms. The van der Waals surface area contributed by atoms with Gasteiger partial charge in [-0.15, -0.1) is 0 Å². The highest BCUT2D eigenvalue weighted by Gasteiger charge is 2.42. The second-order valence-corrected chi connectivity index (χ2v) is 4.96. The summed E-state index contributed by atoms with van der Waals surface area (Å²) in [5.41, 5.74) is 1.06. The number of hydrogen-bond acceptors (Lipinski definition) is 4. The Hall–Kier alpha value is -1.75. The number of piperidine rings is 1. The van der Waals surface area contributed by atoms with E-state index in [2.05, 4.69) is 5.32 Å². The van der Waals surface area contributed by atoms with Crippen molar-refractivity contribution >= 4 is 6.09 Å². The molecule has 0 radical (unpaired) electrons. The molecule has 2 unspecified atom stereocenters. The fourth-order valence-corrected chi connectivity index (χ4v) is 2.75. The molecule has 2 aliphatic rings. The standard InChI is InChI=1S/C14H18N2O3/c1-18-11-4-2-3-10(7-11)9-16-12-8-15-6-5-13(12)19-14(16)17/h2-4,7,12-13,15H,5-6,8-9H2,1H3. The lowest BCUT2D eigenvalue weighted by Crippen LogP contribution is -2.48. The van der Waals surface area contributed by atoms with Crippen LogP contribution in [0.25, 0.3) is 0 Å². The quantitative estimate of drug-likeness (QED) is 0.894. The van der Waals surface area contributed by atoms with Gasteiger partial charge in [-0.05, 0) is 30.7 Å². The van der Waals surface area contributed by atoms with Gasteiger partial charge in [-0.3, -0.25) is 4.90 Å². The fraction of sp³-hybridized carbons (Fsp3) is 0.500. The Morgan fingerprint density at radius 2 is 2.42 bits per heavy atom. The van der Waals surface area contributed by atoms with E-state index in [0.29, 0.717) is 6.54 Å². The average molecular weight is 262 g/mol. The summed E-state index contributed by atoms with van der Waals surface area (Å²) in [6, 6.07) is 7.94. The normalized spacial score (nSPS) is 25.9. The number of nitrogens with one attached hydrogen (secondary N) is 1. The molecule has 5 nitrogen and oxygen atoms in total. The van der Waals surface area contributed by atoms with Crippen molar-refractivity contribution in [2.75, 3.05) is 20.2 Å². The van der Waals surface area contributed by atoms with E-state index < -0.39 is 0 Å². The lowest BCUT2D eigenvalue weighted by molar-refractivity contribution is 0.117. The summed E-state index contributed by atoms with van der Waals surface area (Å²) >= 11 is 0. The van der Waals surface area contributed by atoms with Gasteiger partial charge >= 0.3 is 6.09 Å². The van der Waals surface area contributed by atoms with E-state index in [1.807, 2.05) is 29.2 Å². The molecule has 2 atom stereocenters. The molecule has 2 fully saturated rings. The molecule has 1 amide bonds. The average Bonchev–Trinajstić information content (AvgIpc) is 2.76. The minimum atomic E-state index is -0.207. The first-order valence-electron chi connectivity index (χ1n) is 6.59. The summed E-state index contributed by atoms with van der Waals surface area (Å²) in [4.78, 5) is 13.8. The van der Waals surface area contributed by atoms with Gasteiger partial charge in [0, 0.05) is 13.1 Å². The third-order valence-electron chi connectivity index (χ3n) is 3.76. The van der Waals surface area contributed by atoms with Crippen LogP contribution >= 0.6 is 0 Å². The third-order valence-corrected chi connectivity index (χ3v) is 3.76. The van der Waals surface area contributed by atoms with Crippen LogP contribution in [0.3, 0.4) is 0 Å². The van der Waals surface area contributed by atoms with E-state index in [4.69, 9.17) is 9.47 Å². The number of fused-ring (bicyclic) bond motifs is 1. The van der Waals surface area contributed by atoms with E-state index >= 15 is 0 Å². The van der Waals surface area contributed by atoms with Gasteiger partial charge in [-0.2, -0.15) is 0 Å². The zero-order valence-corrected chi connectivity index (χ0v) is 11.0. The van der Waals surface area contributed by atoms with E-state index in [1.54, 1.807) is 7.11 Å². The minimum absolute atomic E-state index is 0.0411. The first-order chi connectivity index (χ1) is 9.28.